The number of nitrogens with two attached hydrogens (primary N) is 1. The van der Waals surface area contributed by atoms with Crippen LogP contribution in [0.3, 0.4) is 0 Å². The summed E-state index contributed by atoms with van der Waals surface area (Å²) in [5, 5.41) is 9.82. The van der Waals surface area contributed by atoms with Crippen molar-refractivity contribution in [2.45, 2.75) is 63.3 Å². The first-order chi connectivity index (χ1) is 14.0. The average molecular weight is 402 g/mol. The number of methoxy groups -OCH3 is 1. The lowest BCUT2D eigenvalue weighted by Gasteiger charge is -2.57. The minimum absolute atomic E-state index is 0.0981. The summed E-state index contributed by atoms with van der Waals surface area (Å²) in [5.41, 5.74) is 7.29. The molecule has 3 N–H and O–H groups in total. The van der Waals surface area contributed by atoms with Gasteiger partial charge in [-0.25, -0.2) is 0 Å². The molecule has 4 rings (SSSR count). The summed E-state index contributed by atoms with van der Waals surface area (Å²) in [6, 6.07) is 8.53. The van der Waals surface area contributed by atoms with Crippen LogP contribution in [0.4, 0.5) is 0 Å². The Bertz CT molecular complexity index is 725. The lowest BCUT2D eigenvalue weighted by Crippen LogP contribution is -2.66. The quantitative estimate of drug-likeness (QED) is 0.784. The van der Waals surface area contributed by atoms with Crippen molar-refractivity contribution in [3.05, 3.63) is 29.8 Å². The fourth-order valence-corrected chi connectivity index (χ4v) is 5.83. The topological polar surface area (TPSA) is 79.0 Å². The summed E-state index contributed by atoms with van der Waals surface area (Å²) in [5.74, 6) is 1.76. The summed E-state index contributed by atoms with van der Waals surface area (Å²) in [6.07, 6.45) is 5.10. The Morgan fingerprint density at radius 2 is 2.10 bits per heavy atom. The third-order valence-corrected chi connectivity index (χ3v) is 7.32. The van der Waals surface area contributed by atoms with E-state index in [0.717, 1.165) is 31.8 Å². The number of benzene rings is 1. The van der Waals surface area contributed by atoms with Gasteiger partial charge >= 0.3 is 0 Å². The number of hydrogen-bond acceptors (Lipinski definition) is 5. The molecule has 1 aromatic rings. The molecule has 3 aliphatic heterocycles. The molecule has 3 saturated heterocycles. The second-order valence-electron chi connectivity index (χ2n) is 9.19. The Labute approximate surface area is 174 Å². The lowest BCUT2D eigenvalue weighted by molar-refractivity contribution is -0.144. The highest BCUT2D eigenvalue weighted by Gasteiger charge is 2.48. The summed E-state index contributed by atoms with van der Waals surface area (Å²) in [6.45, 7) is 4.28. The molecular weight excluding hydrogens is 366 g/mol. The zero-order chi connectivity index (χ0) is 20.5. The maximum Gasteiger partial charge on any atom is 0.242 e. The Morgan fingerprint density at radius 1 is 1.31 bits per heavy atom. The Hall–Kier alpha value is -1.63. The van der Waals surface area contributed by atoms with E-state index in [9.17, 15) is 9.90 Å². The first-order valence-corrected chi connectivity index (χ1v) is 11.1. The van der Waals surface area contributed by atoms with Gasteiger partial charge in [0, 0.05) is 25.2 Å². The molecule has 2 bridgehead atoms. The van der Waals surface area contributed by atoms with Crippen LogP contribution in [0.2, 0.25) is 0 Å². The molecule has 0 radical (unpaired) electrons. The SMILES string of the molecule is COc1cccc(C[C@H]2[C@H]3C[C@H](CN(C(=O)[C@@H](N)[C@@H](C)O)C3)[C@@H]3CCCCN32)c1. The predicted molar refractivity (Wildman–Crippen MR) is 113 cm³/mol. The fraction of sp³-hybridized carbons (Fsp3) is 0.696. The Morgan fingerprint density at radius 3 is 2.86 bits per heavy atom. The van der Waals surface area contributed by atoms with Crippen molar-refractivity contribution in [3.63, 3.8) is 0 Å². The van der Waals surface area contributed by atoms with E-state index in [-0.39, 0.29) is 5.91 Å². The molecule has 0 aliphatic carbocycles. The number of likely N-dealkylation sites (tertiary alicyclic amines) is 1. The van der Waals surface area contributed by atoms with Crippen molar-refractivity contribution < 1.29 is 14.6 Å². The highest BCUT2D eigenvalue weighted by Crippen LogP contribution is 2.42. The van der Waals surface area contributed by atoms with E-state index >= 15 is 0 Å². The zero-order valence-electron chi connectivity index (χ0n) is 17.7. The van der Waals surface area contributed by atoms with E-state index in [1.165, 1.54) is 31.2 Å². The number of ether oxygens (including phenoxy) is 1. The van der Waals surface area contributed by atoms with Crippen molar-refractivity contribution >= 4 is 5.91 Å². The fourth-order valence-electron chi connectivity index (χ4n) is 5.83. The van der Waals surface area contributed by atoms with Crippen LogP contribution in [0, 0.1) is 11.8 Å². The number of hydrogen-bond donors (Lipinski definition) is 2. The molecule has 29 heavy (non-hydrogen) atoms. The smallest absolute Gasteiger partial charge is 0.242 e. The second-order valence-corrected chi connectivity index (χ2v) is 9.19. The molecule has 3 fully saturated rings. The molecule has 1 amide bonds. The van der Waals surface area contributed by atoms with E-state index < -0.39 is 12.1 Å². The van der Waals surface area contributed by atoms with Crippen LogP contribution in [-0.2, 0) is 11.2 Å². The first kappa shape index (κ1) is 20.6. The van der Waals surface area contributed by atoms with E-state index in [1.807, 2.05) is 11.0 Å². The number of carbonyl (C=O) groups is 1. The Balaban J connectivity index is 1.57. The van der Waals surface area contributed by atoms with Gasteiger partial charge in [0.1, 0.15) is 11.8 Å². The standard InChI is InChI=1S/C23H35N3O3/c1-15(27)22(24)23(28)25-13-17-12-18(14-25)21(26-9-4-3-8-20(17)26)11-16-6-5-7-19(10-16)29-2/h5-7,10,15,17-18,20-22,27H,3-4,8-9,11-14,24H2,1-2H3/t15-,17-,18+,20+,21+,22+/m1/s1. The average Bonchev–Trinajstić information content (AvgIpc) is 2.75. The highest BCUT2D eigenvalue weighted by molar-refractivity contribution is 5.82. The van der Waals surface area contributed by atoms with Crippen molar-refractivity contribution in [1.29, 1.82) is 0 Å². The van der Waals surface area contributed by atoms with Gasteiger partial charge in [-0.05, 0) is 68.7 Å². The summed E-state index contributed by atoms with van der Waals surface area (Å²) in [7, 11) is 1.71. The van der Waals surface area contributed by atoms with Crippen molar-refractivity contribution in [2.75, 3.05) is 26.7 Å². The molecule has 160 valence electrons. The molecule has 0 spiro atoms. The van der Waals surface area contributed by atoms with Gasteiger partial charge in [0.2, 0.25) is 5.91 Å². The molecule has 6 nitrogen and oxygen atoms in total. The number of nitrogens with zero attached hydrogens (tertiary/aromatic N) is 2. The summed E-state index contributed by atoms with van der Waals surface area (Å²) in [4.78, 5) is 17.6. The van der Waals surface area contributed by atoms with Gasteiger partial charge in [-0.15, -0.1) is 0 Å². The number of aliphatic hydroxyl groups excluding tert-OH is 1. The minimum atomic E-state index is -0.826. The van der Waals surface area contributed by atoms with Gasteiger partial charge in [-0.3, -0.25) is 9.69 Å². The molecule has 3 aliphatic rings. The third kappa shape index (κ3) is 4.16. The summed E-state index contributed by atoms with van der Waals surface area (Å²) < 4.78 is 5.43. The molecule has 0 unspecified atom stereocenters. The van der Waals surface area contributed by atoms with Crippen LogP contribution in [0.1, 0.15) is 38.2 Å². The molecular formula is C23H35N3O3. The number of carbonyl (C=O) groups excluding carboxylic acids is 1. The number of rotatable bonds is 5. The number of fused-ring (bicyclic) bond motifs is 4. The van der Waals surface area contributed by atoms with Gasteiger partial charge in [-0.2, -0.15) is 0 Å². The largest absolute Gasteiger partial charge is 0.497 e. The molecule has 0 aromatic heterocycles. The lowest BCUT2D eigenvalue weighted by atomic mass is 9.71. The van der Waals surface area contributed by atoms with Gasteiger partial charge in [0.25, 0.3) is 0 Å². The van der Waals surface area contributed by atoms with Crippen LogP contribution in [0.5, 0.6) is 5.75 Å². The van der Waals surface area contributed by atoms with Crippen molar-refractivity contribution in [3.8, 4) is 5.75 Å². The van der Waals surface area contributed by atoms with Crippen LogP contribution in [0.25, 0.3) is 0 Å². The normalized spacial score (nSPS) is 31.7. The molecule has 6 heteroatoms. The predicted octanol–water partition coefficient (Wildman–Crippen LogP) is 1.65. The minimum Gasteiger partial charge on any atom is -0.497 e. The Kier molecular flexibility index (Phi) is 6.13. The zero-order valence-corrected chi connectivity index (χ0v) is 17.7. The third-order valence-electron chi connectivity index (χ3n) is 7.32. The van der Waals surface area contributed by atoms with E-state index in [1.54, 1.807) is 14.0 Å². The van der Waals surface area contributed by atoms with Crippen LogP contribution in [-0.4, -0.2) is 71.8 Å². The molecule has 0 saturated carbocycles. The molecule has 6 atom stereocenters. The van der Waals surface area contributed by atoms with Crippen LogP contribution in [0.15, 0.2) is 24.3 Å². The molecule has 1 aromatic carbocycles. The van der Waals surface area contributed by atoms with E-state index in [0.29, 0.717) is 23.9 Å². The van der Waals surface area contributed by atoms with Crippen molar-refractivity contribution in [1.82, 2.24) is 9.80 Å². The number of piperidine rings is 3. The van der Waals surface area contributed by atoms with E-state index in [4.69, 9.17) is 10.5 Å². The van der Waals surface area contributed by atoms with Gasteiger partial charge in [0.15, 0.2) is 0 Å². The number of aliphatic hydroxyl groups is 1. The van der Waals surface area contributed by atoms with Crippen LogP contribution >= 0.6 is 0 Å². The molecule has 3 heterocycles. The summed E-state index contributed by atoms with van der Waals surface area (Å²) >= 11 is 0. The van der Waals surface area contributed by atoms with Gasteiger partial charge in [0.05, 0.1) is 13.2 Å². The maximum atomic E-state index is 12.9. The maximum absolute atomic E-state index is 12.9. The highest BCUT2D eigenvalue weighted by atomic mass is 16.5. The van der Waals surface area contributed by atoms with E-state index in [2.05, 4.69) is 23.1 Å². The van der Waals surface area contributed by atoms with Crippen molar-refractivity contribution in [2.24, 2.45) is 17.6 Å². The van der Waals surface area contributed by atoms with Crippen LogP contribution < -0.4 is 10.5 Å². The second kappa shape index (κ2) is 8.62. The van der Waals surface area contributed by atoms with Gasteiger partial charge < -0.3 is 20.5 Å². The monoisotopic (exact) mass is 401 g/mol. The first-order valence-electron chi connectivity index (χ1n) is 11.1. The van der Waals surface area contributed by atoms with Gasteiger partial charge in [-0.1, -0.05) is 18.6 Å². The number of amides is 1.